The van der Waals surface area contributed by atoms with E-state index in [4.69, 9.17) is 32.7 Å². The van der Waals surface area contributed by atoms with Crippen LogP contribution >= 0.6 is 23.2 Å². The molecule has 8 nitrogen and oxygen atoms in total. The minimum atomic E-state index is -1.23. The van der Waals surface area contributed by atoms with E-state index in [1.165, 1.54) is 50.4 Å². The first-order chi connectivity index (χ1) is 12.7. The van der Waals surface area contributed by atoms with Gasteiger partial charge in [-0.3, -0.25) is 14.9 Å². The zero-order valence-corrected chi connectivity index (χ0v) is 15.7. The van der Waals surface area contributed by atoms with Gasteiger partial charge >= 0.3 is 5.97 Å². The molecule has 2 rings (SSSR count). The van der Waals surface area contributed by atoms with E-state index in [-0.39, 0.29) is 27.7 Å². The SMILES string of the molecule is COc1ccc(NC(=O)[C@@H](C)OC(=O)c2ccc(Cl)cc2Cl)c([N+](=O)[O-])c1. The van der Waals surface area contributed by atoms with Crippen LogP contribution in [0, 0.1) is 10.1 Å². The van der Waals surface area contributed by atoms with Crippen molar-refractivity contribution in [3.05, 3.63) is 62.1 Å². The van der Waals surface area contributed by atoms with E-state index < -0.39 is 22.9 Å². The fraction of sp³-hybridized carbons (Fsp3) is 0.176. The fourth-order valence-electron chi connectivity index (χ4n) is 2.06. The fourth-order valence-corrected chi connectivity index (χ4v) is 2.55. The van der Waals surface area contributed by atoms with E-state index >= 15 is 0 Å². The molecule has 0 fully saturated rings. The van der Waals surface area contributed by atoms with Gasteiger partial charge in [-0.25, -0.2) is 4.79 Å². The average molecular weight is 413 g/mol. The number of nitrogens with zero attached hydrogens (tertiary/aromatic N) is 1. The number of nitro benzene ring substituents is 1. The molecule has 2 aromatic carbocycles. The van der Waals surface area contributed by atoms with E-state index in [1.54, 1.807) is 0 Å². The molecule has 2 aromatic rings. The molecule has 0 aliphatic rings. The van der Waals surface area contributed by atoms with Crippen LogP contribution in [0.15, 0.2) is 36.4 Å². The maximum atomic E-state index is 12.3. The van der Waals surface area contributed by atoms with Crippen molar-refractivity contribution in [2.75, 3.05) is 12.4 Å². The lowest BCUT2D eigenvalue weighted by molar-refractivity contribution is -0.384. The molecular weight excluding hydrogens is 399 g/mol. The highest BCUT2D eigenvalue weighted by atomic mass is 35.5. The number of ether oxygens (including phenoxy) is 2. The van der Waals surface area contributed by atoms with Gasteiger partial charge in [-0.2, -0.15) is 0 Å². The summed E-state index contributed by atoms with van der Waals surface area (Å²) in [5, 5.41) is 13.9. The first-order valence-corrected chi connectivity index (χ1v) is 8.28. The second-order valence-electron chi connectivity index (χ2n) is 5.30. The normalized spacial score (nSPS) is 11.4. The number of carbonyl (C=O) groups is 2. The van der Waals surface area contributed by atoms with Gasteiger partial charge in [0.2, 0.25) is 0 Å². The van der Waals surface area contributed by atoms with Crippen LogP contribution in [0.25, 0.3) is 0 Å². The van der Waals surface area contributed by atoms with Crippen LogP contribution < -0.4 is 10.1 Å². The number of nitrogens with one attached hydrogen (secondary N) is 1. The number of hydrogen-bond acceptors (Lipinski definition) is 6. The summed E-state index contributed by atoms with van der Waals surface area (Å²) in [6.07, 6.45) is -1.23. The number of carbonyl (C=O) groups excluding carboxylic acids is 2. The smallest absolute Gasteiger partial charge is 0.340 e. The maximum Gasteiger partial charge on any atom is 0.340 e. The molecule has 0 spiro atoms. The van der Waals surface area contributed by atoms with Crippen molar-refractivity contribution in [3.63, 3.8) is 0 Å². The number of esters is 1. The number of rotatable bonds is 6. The Balaban J connectivity index is 2.12. The summed E-state index contributed by atoms with van der Waals surface area (Å²) in [5.74, 6) is -1.32. The lowest BCUT2D eigenvalue weighted by Gasteiger charge is -2.14. The lowest BCUT2D eigenvalue weighted by Crippen LogP contribution is -2.30. The van der Waals surface area contributed by atoms with Gasteiger partial charge in [-0.1, -0.05) is 23.2 Å². The van der Waals surface area contributed by atoms with Gasteiger partial charge < -0.3 is 14.8 Å². The molecule has 0 radical (unpaired) electrons. The van der Waals surface area contributed by atoms with Crippen molar-refractivity contribution in [1.29, 1.82) is 0 Å². The first-order valence-electron chi connectivity index (χ1n) is 7.52. The zero-order valence-electron chi connectivity index (χ0n) is 14.2. The molecule has 0 saturated carbocycles. The Morgan fingerprint density at radius 3 is 2.48 bits per heavy atom. The van der Waals surface area contributed by atoms with Crippen LogP contribution in [0.3, 0.4) is 0 Å². The van der Waals surface area contributed by atoms with Crippen LogP contribution in [-0.4, -0.2) is 30.0 Å². The Morgan fingerprint density at radius 2 is 1.89 bits per heavy atom. The minimum absolute atomic E-state index is 0.0381. The Bertz CT molecular complexity index is 903. The number of amides is 1. The molecular formula is C17H14Cl2N2O6. The van der Waals surface area contributed by atoms with Crippen molar-refractivity contribution in [2.45, 2.75) is 13.0 Å². The molecule has 0 heterocycles. The van der Waals surface area contributed by atoms with Crippen LogP contribution in [0.5, 0.6) is 5.75 Å². The van der Waals surface area contributed by atoms with E-state index in [0.717, 1.165) is 0 Å². The summed E-state index contributed by atoms with van der Waals surface area (Å²) in [6, 6.07) is 8.12. The van der Waals surface area contributed by atoms with E-state index in [9.17, 15) is 19.7 Å². The number of nitro groups is 1. The van der Waals surface area contributed by atoms with Gasteiger partial charge in [0.05, 0.1) is 28.7 Å². The third kappa shape index (κ3) is 5.08. The van der Waals surface area contributed by atoms with Gasteiger partial charge in [0.15, 0.2) is 6.10 Å². The highest BCUT2D eigenvalue weighted by molar-refractivity contribution is 6.36. The lowest BCUT2D eigenvalue weighted by atomic mass is 10.2. The third-order valence-electron chi connectivity index (χ3n) is 3.46. The average Bonchev–Trinajstić information content (AvgIpc) is 2.61. The van der Waals surface area contributed by atoms with Crippen molar-refractivity contribution < 1.29 is 24.0 Å². The quantitative estimate of drug-likeness (QED) is 0.434. The molecule has 1 N–H and O–H groups in total. The van der Waals surface area contributed by atoms with Crippen LogP contribution in [0.2, 0.25) is 10.0 Å². The van der Waals surface area contributed by atoms with Crippen molar-refractivity contribution in [3.8, 4) is 5.75 Å². The molecule has 142 valence electrons. The summed E-state index contributed by atoms with van der Waals surface area (Å²) in [7, 11) is 1.36. The van der Waals surface area contributed by atoms with Gasteiger partial charge in [0.1, 0.15) is 11.4 Å². The molecule has 1 amide bonds. The van der Waals surface area contributed by atoms with E-state index in [2.05, 4.69) is 5.32 Å². The van der Waals surface area contributed by atoms with Gasteiger partial charge in [0.25, 0.3) is 11.6 Å². The summed E-state index contributed by atoms with van der Waals surface area (Å²) in [5.41, 5.74) is -0.378. The molecule has 0 aliphatic heterocycles. The molecule has 0 aliphatic carbocycles. The van der Waals surface area contributed by atoms with Gasteiger partial charge in [-0.05, 0) is 37.3 Å². The van der Waals surface area contributed by atoms with E-state index in [1.807, 2.05) is 0 Å². The number of halogens is 2. The van der Waals surface area contributed by atoms with Crippen LogP contribution in [0.4, 0.5) is 11.4 Å². The molecule has 0 aromatic heterocycles. The first kappa shape index (κ1) is 20.5. The molecule has 27 heavy (non-hydrogen) atoms. The van der Waals surface area contributed by atoms with Crippen LogP contribution in [0.1, 0.15) is 17.3 Å². The summed E-state index contributed by atoms with van der Waals surface area (Å²) in [4.78, 5) is 34.9. The standard InChI is InChI=1S/C17H14Cl2N2O6/c1-9(27-17(23)12-5-3-10(18)7-13(12)19)16(22)20-14-6-4-11(26-2)8-15(14)21(24)25/h3-9H,1-2H3,(H,20,22)/t9-/m1/s1. The zero-order chi connectivity index (χ0) is 20.1. The highest BCUT2D eigenvalue weighted by Crippen LogP contribution is 2.29. The predicted octanol–water partition coefficient (Wildman–Crippen LogP) is 4.09. The molecule has 0 saturated heterocycles. The summed E-state index contributed by atoms with van der Waals surface area (Å²) >= 11 is 11.7. The second kappa shape index (κ2) is 8.70. The van der Waals surface area contributed by atoms with Gasteiger partial charge in [-0.15, -0.1) is 0 Å². The number of benzene rings is 2. The molecule has 0 bridgehead atoms. The number of anilines is 1. The number of methoxy groups -OCH3 is 1. The molecule has 0 unspecified atom stereocenters. The monoisotopic (exact) mass is 412 g/mol. The van der Waals surface area contributed by atoms with Crippen molar-refractivity contribution in [2.24, 2.45) is 0 Å². The second-order valence-corrected chi connectivity index (χ2v) is 6.14. The summed E-state index contributed by atoms with van der Waals surface area (Å²) in [6.45, 7) is 1.33. The maximum absolute atomic E-state index is 12.3. The molecule has 1 atom stereocenters. The largest absolute Gasteiger partial charge is 0.496 e. The number of hydrogen-bond donors (Lipinski definition) is 1. The summed E-state index contributed by atoms with van der Waals surface area (Å²) < 4.78 is 9.99. The van der Waals surface area contributed by atoms with Crippen LogP contribution in [-0.2, 0) is 9.53 Å². The Kier molecular flexibility index (Phi) is 6.59. The van der Waals surface area contributed by atoms with Crippen molar-refractivity contribution in [1.82, 2.24) is 0 Å². The third-order valence-corrected chi connectivity index (χ3v) is 4.01. The van der Waals surface area contributed by atoms with Crippen molar-refractivity contribution >= 4 is 46.5 Å². The topological polar surface area (TPSA) is 108 Å². The Morgan fingerprint density at radius 1 is 1.19 bits per heavy atom. The minimum Gasteiger partial charge on any atom is -0.496 e. The molecule has 10 heteroatoms. The highest BCUT2D eigenvalue weighted by Gasteiger charge is 2.24. The predicted molar refractivity (Wildman–Crippen MR) is 99.6 cm³/mol. The Labute approximate surface area is 164 Å². The van der Waals surface area contributed by atoms with Gasteiger partial charge in [0, 0.05) is 5.02 Å². The Hall–Kier alpha value is -2.84. The van der Waals surface area contributed by atoms with E-state index in [0.29, 0.717) is 5.02 Å².